The summed E-state index contributed by atoms with van der Waals surface area (Å²) in [6.07, 6.45) is 4.55. The van der Waals surface area contributed by atoms with Gasteiger partial charge < -0.3 is 14.6 Å². The number of aliphatic hydroxyl groups excluding tert-OH is 1. The summed E-state index contributed by atoms with van der Waals surface area (Å²) in [4.78, 5) is 0. The zero-order valence-electron chi connectivity index (χ0n) is 7.62. The smallest absolute Gasteiger partial charge is 0.169 e. The van der Waals surface area contributed by atoms with Crippen molar-refractivity contribution in [3.05, 3.63) is 12.2 Å². The molecule has 0 bridgehead atoms. The van der Waals surface area contributed by atoms with E-state index in [1.165, 1.54) is 0 Å². The van der Waals surface area contributed by atoms with E-state index in [9.17, 15) is 0 Å². The van der Waals surface area contributed by atoms with Crippen LogP contribution in [0.4, 0.5) is 0 Å². The van der Waals surface area contributed by atoms with Gasteiger partial charge in [-0.05, 0) is 13.8 Å². The van der Waals surface area contributed by atoms with Crippen LogP contribution in [0.2, 0.25) is 0 Å². The van der Waals surface area contributed by atoms with Crippen LogP contribution in [0.15, 0.2) is 12.2 Å². The zero-order valence-corrected chi connectivity index (χ0v) is 7.62. The van der Waals surface area contributed by atoms with Gasteiger partial charge in [-0.3, -0.25) is 0 Å². The topological polar surface area (TPSA) is 38.7 Å². The Hall–Kier alpha value is -0.380. The lowest BCUT2D eigenvalue weighted by Gasteiger charge is -2.20. The fourth-order valence-corrected chi connectivity index (χ4v) is 1.22. The lowest BCUT2D eigenvalue weighted by atomic mass is 10.2. The summed E-state index contributed by atoms with van der Waals surface area (Å²) >= 11 is 0. The van der Waals surface area contributed by atoms with Gasteiger partial charge in [0, 0.05) is 6.42 Å². The fourth-order valence-electron chi connectivity index (χ4n) is 1.22. The molecular formula is C9H16O3. The molecule has 0 aromatic carbocycles. The second-order valence-corrected chi connectivity index (χ2v) is 3.14. The molecule has 0 saturated carbocycles. The molecule has 0 aliphatic carbocycles. The summed E-state index contributed by atoms with van der Waals surface area (Å²) in [6, 6.07) is 0. The number of hydrogen-bond donors (Lipinski definition) is 1. The van der Waals surface area contributed by atoms with Crippen molar-refractivity contribution >= 4 is 0 Å². The summed E-state index contributed by atoms with van der Waals surface area (Å²) in [7, 11) is 0. The second-order valence-electron chi connectivity index (χ2n) is 3.14. The molecule has 1 aliphatic heterocycles. The van der Waals surface area contributed by atoms with E-state index >= 15 is 0 Å². The molecule has 0 aromatic heterocycles. The Bertz CT molecular complexity index is 167. The third-order valence-corrected chi connectivity index (χ3v) is 1.92. The van der Waals surface area contributed by atoms with E-state index < -0.39 is 5.79 Å². The van der Waals surface area contributed by atoms with Crippen LogP contribution < -0.4 is 0 Å². The van der Waals surface area contributed by atoms with Crippen molar-refractivity contribution in [3.63, 3.8) is 0 Å². The highest BCUT2D eigenvalue weighted by atomic mass is 16.7. The summed E-state index contributed by atoms with van der Waals surface area (Å²) in [5.41, 5.74) is 0. The van der Waals surface area contributed by atoms with Gasteiger partial charge in [0.1, 0.15) is 6.10 Å². The number of ether oxygens (including phenoxy) is 2. The molecule has 3 heteroatoms. The van der Waals surface area contributed by atoms with Crippen LogP contribution in [0.5, 0.6) is 0 Å². The van der Waals surface area contributed by atoms with Crippen molar-refractivity contribution in [1.82, 2.24) is 0 Å². The molecule has 0 amide bonds. The minimum absolute atomic E-state index is 0.0332. The highest BCUT2D eigenvalue weighted by Gasteiger charge is 2.35. The lowest BCUT2D eigenvalue weighted by Crippen LogP contribution is -2.26. The van der Waals surface area contributed by atoms with Crippen LogP contribution in [0, 0.1) is 0 Å². The zero-order chi connectivity index (χ0) is 9.03. The van der Waals surface area contributed by atoms with Crippen LogP contribution in [0.3, 0.4) is 0 Å². The van der Waals surface area contributed by atoms with E-state index in [2.05, 4.69) is 0 Å². The van der Waals surface area contributed by atoms with Crippen molar-refractivity contribution < 1.29 is 14.6 Å². The Morgan fingerprint density at radius 3 is 2.92 bits per heavy atom. The van der Waals surface area contributed by atoms with E-state index in [-0.39, 0.29) is 12.7 Å². The Balaban J connectivity index is 2.41. The van der Waals surface area contributed by atoms with Crippen molar-refractivity contribution in [3.8, 4) is 0 Å². The predicted octanol–water partition coefficient (Wildman–Crippen LogP) is 1.08. The van der Waals surface area contributed by atoms with Gasteiger partial charge in [0.15, 0.2) is 5.79 Å². The maximum atomic E-state index is 8.80. The largest absolute Gasteiger partial charge is 0.394 e. The molecular weight excluding hydrogens is 156 g/mol. The van der Waals surface area contributed by atoms with Gasteiger partial charge in [-0.2, -0.15) is 0 Å². The average Bonchev–Trinajstić information content (AvgIpc) is 2.45. The third kappa shape index (κ3) is 2.30. The highest BCUT2D eigenvalue weighted by Crippen LogP contribution is 2.26. The Morgan fingerprint density at radius 2 is 2.42 bits per heavy atom. The predicted molar refractivity (Wildman–Crippen MR) is 45.7 cm³/mol. The molecule has 0 aromatic rings. The minimum atomic E-state index is -0.528. The molecule has 12 heavy (non-hydrogen) atoms. The Morgan fingerprint density at radius 1 is 1.67 bits per heavy atom. The fraction of sp³-hybridized carbons (Fsp3) is 0.778. The maximum Gasteiger partial charge on any atom is 0.169 e. The standard InChI is InChI=1S/C9H16O3/c1-3-4-5-9(2)11-7-8(6-10)12-9/h3-4,8,10H,5-7H2,1-2H3. The number of hydrogen-bond acceptors (Lipinski definition) is 3. The van der Waals surface area contributed by atoms with Gasteiger partial charge in [0.05, 0.1) is 13.2 Å². The number of allylic oxidation sites excluding steroid dienone is 1. The van der Waals surface area contributed by atoms with Crippen molar-refractivity contribution in [2.45, 2.75) is 32.2 Å². The van der Waals surface area contributed by atoms with Crippen LogP contribution in [0.1, 0.15) is 20.3 Å². The molecule has 2 atom stereocenters. The first kappa shape index (κ1) is 9.71. The number of rotatable bonds is 3. The van der Waals surface area contributed by atoms with Gasteiger partial charge in [0.2, 0.25) is 0 Å². The monoisotopic (exact) mass is 172 g/mol. The van der Waals surface area contributed by atoms with Crippen molar-refractivity contribution in [2.24, 2.45) is 0 Å². The summed E-state index contributed by atoms with van der Waals surface area (Å²) in [5, 5.41) is 8.80. The van der Waals surface area contributed by atoms with Crippen LogP contribution in [-0.4, -0.2) is 30.2 Å². The first-order valence-corrected chi connectivity index (χ1v) is 4.24. The van der Waals surface area contributed by atoms with E-state index in [4.69, 9.17) is 14.6 Å². The molecule has 0 radical (unpaired) electrons. The number of aliphatic hydroxyl groups is 1. The molecule has 2 unspecified atom stereocenters. The molecule has 1 aliphatic rings. The molecule has 1 N–H and O–H groups in total. The Kier molecular flexibility index (Phi) is 3.26. The van der Waals surface area contributed by atoms with Crippen molar-refractivity contribution in [1.29, 1.82) is 0 Å². The summed E-state index contributed by atoms with van der Waals surface area (Å²) in [6.45, 7) is 4.38. The van der Waals surface area contributed by atoms with Gasteiger partial charge in [-0.15, -0.1) is 0 Å². The quantitative estimate of drug-likeness (QED) is 0.647. The van der Waals surface area contributed by atoms with Crippen LogP contribution in [-0.2, 0) is 9.47 Å². The molecule has 1 saturated heterocycles. The van der Waals surface area contributed by atoms with Crippen LogP contribution in [0.25, 0.3) is 0 Å². The van der Waals surface area contributed by atoms with Crippen LogP contribution >= 0.6 is 0 Å². The highest BCUT2D eigenvalue weighted by molar-refractivity contribution is 4.86. The lowest BCUT2D eigenvalue weighted by molar-refractivity contribution is -0.154. The normalized spacial score (nSPS) is 36.4. The van der Waals surface area contributed by atoms with E-state index in [0.717, 1.165) is 6.42 Å². The van der Waals surface area contributed by atoms with Gasteiger partial charge in [-0.25, -0.2) is 0 Å². The SMILES string of the molecule is CC=CCC1(C)OCC(CO)O1. The second kappa shape index (κ2) is 4.03. The molecule has 1 fully saturated rings. The summed E-state index contributed by atoms with van der Waals surface area (Å²) < 4.78 is 10.9. The molecule has 3 nitrogen and oxygen atoms in total. The van der Waals surface area contributed by atoms with Crippen molar-refractivity contribution in [2.75, 3.05) is 13.2 Å². The van der Waals surface area contributed by atoms with Gasteiger partial charge in [-0.1, -0.05) is 12.2 Å². The molecule has 0 spiro atoms. The summed E-state index contributed by atoms with van der Waals surface area (Å²) in [5.74, 6) is -0.528. The van der Waals surface area contributed by atoms with Gasteiger partial charge >= 0.3 is 0 Å². The van der Waals surface area contributed by atoms with E-state index in [1.807, 2.05) is 26.0 Å². The van der Waals surface area contributed by atoms with Gasteiger partial charge in [0.25, 0.3) is 0 Å². The first-order valence-electron chi connectivity index (χ1n) is 4.24. The Labute approximate surface area is 73.0 Å². The first-order chi connectivity index (χ1) is 5.70. The molecule has 70 valence electrons. The third-order valence-electron chi connectivity index (χ3n) is 1.92. The molecule has 1 heterocycles. The van der Waals surface area contributed by atoms with E-state index in [1.54, 1.807) is 0 Å². The van der Waals surface area contributed by atoms with E-state index in [0.29, 0.717) is 6.61 Å². The molecule has 1 rings (SSSR count). The average molecular weight is 172 g/mol. The maximum absolute atomic E-state index is 8.80. The minimum Gasteiger partial charge on any atom is -0.394 e.